The van der Waals surface area contributed by atoms with E-state index in [4.69, 9.17) is 0 Å². The fraction of sp³-hybridized carbons (Fsp3) is 0.450. The second-order valence-corrected chi connectivity index (χ2v) is 7.31. The summed E-state index contributed by atoms with van der Waals surface area (Å²) in [6.45, 7) is 3.84. The molecule has 1 unspecified atom stereocenters. The Morgan fingerprint density at radius 3 is 2.63 bits per heavy atom. The van der Waals surface area contributed by atoms with Crippen molar-refractivity contribution in [2.24, 2.45) is 5.92 Å². The molecule has 1 aliphatic rings. The number of hydrogen-bond donors (Lipinski definition) is 3. The summed E-state index contributed by atoms with van der Waals surface area (Å²) in [7, 11) is 0. The average Bonchev–Trinajstić information content (AvgIpc) is 3.26. The summed E-state index contributed by atoms with van der Waals surface area (Å²) in [4.78, 5) is 23.8. The highest BCUT2D eigenvalue weighted by atomic mass is 16.4. The first kappa shape index (κ1) is 18.9. The maximum Gasteiger partial charge on any atom is 0.305 e. The van der Waals surface area contributed by atoms with Gasteiger partial charge in [-0.3, -0.25) is 9.59 Å². The number of rotatable bonds is 6. The minimum absolute atomic E-state index is 0.0711. The third kappa shape index (κ3) is 4.30. The van der Waals surface area contributed by atoms with Crippen molar-refractivity contribution in [2.45, 2.75) is 52.0 Å². The van der Waals surface area contributed by atoms with Crippen LogP contribution in [0.5, 0.6) is 5.88 Å². The number of carbonyl (C=O) groups is 2. The van der Waals surface area contributed by atoms with Crippen LogP contribution in [0.15, 0.2) is 24.3 Å². The molecule has 1 aliphatic carbocycles. The van der Waals surface area contributed by atoms with Crippen molar-refractivity contribution in [3.8, 4) is 11.6 Å². The zero-order valence-electron chi connectivity index (χ0n) is 15.6. The molecule has 1 fully saturated rings. The van der Waals surface area contributed by atoms with E-state index in [0.29, 0.717) is 5.69 Å². The standard InChI is InChI=1S/C20H25N3O4/c1-12-7-8-13(2)17(9-12)23-18(24)10-16(22-23)20(27)21-15(11-19(25)26)14-5-3-4-6-14/h7-10,14-15,24H,3-6,11H2,1-2H3,(H,21,27)(H,25,26). The first-order valence-electron chi connectivity index (χ1n) is 9.24. The predicted octanol–water partition coefficient (Wildman–Crippen LogP) is 2.96. The van der Waals surface area contributed by atoms with Crippen LogP contribution in [-0.2, 0) is 4.79 Å². The molecule has 0 saturated heterocycles. The van der Waals surface area contributed by atoms with E-state index in [1.807, 2.05) is 32.0 Å². The minimum Gasteiger partial charge on any atom is -0.493 e. The largest absolute Gasteiger partial charge is 0.493 e. The molecule has 1 aromatic carbocycles. The fourth-order valence-corrected chi connectivity index (χ4v) is 3.73. The zero-order valence-corrected chi connectivity index (χ0v) is 15.6. The van der Waals surface area contributed by atoms with Crippen LogP contribution >= 0.6 is 0 Å². The highest BCUT2D eigenvalue weighted by Crippen LogP contribution is 2.29. The van der Waals surface area contributed by atoms with Gasteiger partial charge in [-0.2, -0.15) is 5.10 Å². The van der Waals surface area contributed by atoms with E-state index in [1.165, 1.54) is 10.7 Å². The number of nitrogens with one attached hydrogen (secondary N) is 1. The number of carboxylic acids is 1. The number of amides is 1. The van der Waals surface area contributed by atoms with Crippen LogP contribution in [0.25, 0.3) is 5.69 Å². The first-order valence-corrected chi connectivity index (χ1v) is 9.24. The lowest BCUT2D eigenvalue weighted by atomic mass is 9.95. The van der Waals surface area contributed by atoms with Gasteiger partial charge in [0.05, 0.1) is 12.1 Å². The van der Waals surface area contributed by atoms with Gasteiger partial charge in [0, 0.05) is 12.1 Å². The summed E-state index contributed by atoms with van der Waals surface area (Å²) < 4.78 is 1.33. The molecule has 3 N–H and O–H groups in total. The van der Waals surface area contributed by atoms with Gasteiger partial charge in [0.15, 0.2) is 5.69 Å². The van der Waals surface area contributed by atoms with E-state index >= 15 is 0 Å². The Balaban J connectivity index is 1.82. The van der Waals surface area contributed by atoms with Crippen molar-refractivity contribution in [1.29, 1.82) is 0 Å². The van der Waals surface area contributed by atoms with Crippen LogP contribution in [0.1, 0.15) is 53.7 Å². The van der Waals surface area contributed by atoms with E-state index in [0.717, 1.165) is 36.8 Å². The second kappa shape index (κ2) is 7.82. The zero-order chi connectivity index (χ0) is 19.6. The lowest BCUT2D eigenvalue weighted by molar-refractivity contribution is -0.137. The molecule has 27 heavy (non-hydrogen) atoms. The SMILES string of the molecule is Cc1ccc(C)c(-n2nc(C(=O)NC(CC(=O)O)C3CCCC3)cc2O)c1. The van der Waals surface area contributed by atoms with Crippen molar-refractivity contribution in [3.05, 3.63) is 41.1 Å². The lowest BCUT2D eigenvalue weighted by Crippen LogP contribution is -2.41. The molecule has 0 bridgehead atoms. The number of aromatic nitrogens is 2. The third-order valence-corrected chi connectivity index (χ3v) is 5.20. The van der Waals surface area contributed by atoms with Gasteiger partial charge in [0.1, 0.15) is 0 Å². The maximum absolute atomic E-state index is 12.7. The van der Waals surface area contributed by atoms with Crippen molar-refractivity contribution in [3.63, 3.8) is 0 Å². The molecule has 1 saturated carbocycles. The number of carbonyl (C=O) groups excluding carboxylic acids is 1. The number of benzene rings is 1. The van der Waals surface area contributed by atoms with Gasteiger partial charge in [-0.1, -0.05) is 25.0 Å². The number of nitrogens with zero attached hydrogens (tertiary/aromatic N) is 2. The molecule has 0 radical (unpaired) electrons. The van der Waals surface area contributed by atoms with Gasteiger partial charge in [-0.05, 0) is 49.8 Å². The molecule has 1 amide bonds. The predicted molar refractivity (Wildman–Crippen MR) is 100 cm³/mol. The Bertz CT molecular complexity index is 853. The molecular weight excluding hydrogens is 346 g/mol. The Kier molecular flexibility index (Phi) is 5.48. The van der Waals surface area contributed by atoms with Crippen LogP contribution in [0.2, 0.25) is 0 Å². The van der Waals surface area contributed by atoms with Crippen LogP contribution in [0, 0.1) is 19.8 Å². The van der Waals surface area contributed by atoms with Crippen molar-refractivity contribution >= 4 is 11.9 Å². The van der Waals surface area contributed by atoms with Crippen LogP contribution in [0.4, 0.5) is 0 Å². The van der Waals surface area contributed by atoms with Gasteiger partial charge >= 0.3 is 5.97 Å². The summed E-state index contributed by atoms with van der Waals surface area (Å²) in [5.74, 6) is -1.37. The number of aryl methyl sites for hydroxylation is 2. The molecular formula is C20H25N3O4. The second-order valence-electron chi connectivity index (χ2n) is 7.31. The molecule has 144 valence electrons. The van der Waals surface area contributed by atoms with E-state index < -0.39 is 17.9 Å². The molecule has 1 atom stereocenters. The third-order valence-electron chi connectivity index (χ3n) is 5.20. The number of carboxylic acid groups (broad SMARTS) is 1. The minimum atomic E-state index is -0.934. The molecule has 2 aromatic rings. The monoisotopic (exact) mass is 371 g/mol. The van der Waals surface area contributed by atoms with E-state index in [-0.39, 0.29) is 23.9 Å². The number of hydrogen-bond acceptors (Lipinski definition) is 4. The van der Waals surface area contributed by atoms with Crippen molar-refractivity contribution < 1.29 is 19.8 Å². The van der Waals surface area contributed by atoms with E-state index in [1.54, 1.807) is 0 Å². The van der Waals surface area contributed by atoms with Crippen LogP contribution in [-0.4, -0.2) is 37.9 Å². The molecule has 7 nitrogen and oxygen atoms in total. The molecule has 1 aromatic heterocycles. The van der Waals surface area contributed by atoms with Gasteiger partial charge in [0.2, 0.25) is 5.88 Å². The summed E-state index contributed by atoms with van der Waals surface area (Å²) in [5.41, 5.74) is 2.70. The first-order chi connectivity index (χ1) is 12.8. The Labute approximate surface area is 158 Å². The van der Waals surface area contributed by atoms with Gasteiger partial charge < -0.3 is 15.5 Å². The topological polar surface area (TPSA) is 104 Å². The van der Waals surface area contributed by atoms with Gasteiger partial charge in [0.25, 0.3) is 5.91 Å². The maximum atomic E-state index is 12.7. The fourth-order valence-electron chi connectivity index (χ4n) is 3.73. The highest BCUT2D eigenvalue weighted by molar-refractivity contribution is 5.93. The lowest BCUT2D eigenvalue weighted by Gasteiger charge is -2.22. The van der Waals surface area contributed by atoms with Crippen molar-refractivity contribution in [2.75, 3.05) is 0 Å². The van der Waals surface area contributed by atoms with Crippen LogP contribution < -0.4 is 5.32 Å². The summed E-state index contributed by atoms with van der Waals surface area (Å²) in [6, 6.07) is 6.66. The average molecular weight is 371 g/mol. The van der Waals surface area contributed by atoms with Crippen molar-refractivity contribution in [1.82, 2.24) is 15.1 Å². The molecule has 7 heteroatoms. The Morgan fingerprint density at radius 1 is 1.26 bits per heavy atom. The molecule has 0 spiro atoms. The quantitative estimate of drug-likeness (QED) is 0.724. The Morgan fingerprint density at radius 2 is 1.96 bits per heavy atom. The van der Waals surface area contributed by atoms with Gasteiger partial charge in [-0.15, -0.1) is 0 Å². The smallest absolute Gasteiger partial charge is 0.305 e. The van der Waals surface area contributed by atoms with E-state index in [9.17, 15) is 19.8 Å². The van der Waals surface area contributed by atoms with Crippen LogP contribution in [0.3, 0.4) is 0 Å². The summed E-state index contributed by atoms with van der Waals surface area (Å²) >= 11 is 0. The van der Waals surface area contributed by atoms with Gasteiger partial charge in [-0.25, -0.2) is 4.68 Å². The molecule has 1 heterocycles. The molecule has 0 aliphatic heterocycles. The Hall–Kier alpha value is -2.83. The summed E-state index contributed by atoms with van der Waals surface area (Å²) in [6.07, 6.45) is 3.83. The normalized spacial score (nSPS) is 15.6. The highest BCUT2D eigenvalue weighted by Gasteiger charge is 2.29. The molecule has 3 rings (SSSR count). The number of aliphatic carboxylic acids is 1. The van der Waals surface area contributed by atoms with E-state index in [2.05, 4.69) is 10.4 Å². The summed E-state index contributed by atoms with van der Waals surface area (Å²) in [5, 5.41) is 26.5. The number of aromatic hydroxyl groups is 1.